The van der Waals surface area contributed by atoms with E-state index < -0.39 is 6.29 Å². The first-order valence-corrected chi connectivity index (χ1v) is 11.3. The van der Waals surface area contributed by atoms with E-state index in [-0.39, 0.29) is 17.8 Å². The summed E-state index contributed by atoms with van der Waals surface area (Å²) in [4.78, 5) is 27.7. The van der Waals surface area contributed by atoms with Gasteiger partial charge in [-0.15, -0.1) is 11.8 Å². The fourth-order valence-electron chi connectivity index (χ4n) is 3.88. The van der Waals surface area contributed by atoms with Gasteiger partial charge in [-0.3, -0.25) is 13.9 Å². The van der Waals surface area contributed by atoms with E-state index in [1.54, 1.807) is 22.4 Å². The lowest BCUT2D eigenvalue weighted by molar-refractivity contribution is -0.0539. The summed E-state index contributed by atoms with van der Waals surface area (Å²) in [5, 5.41) is 0. The number of hydrogen-bond acceptors (Lipinski definition) is 5. The number of thioether (sulfide) groups is 1. The van der Waals surface area contributed by atoms with Crippen molar-refractivity contribution < 1.29 is 9.47 Å². The molecule has 1 aromatic heterocycles. The highest BCUT2D eigenvalue weighted by molar-refractivity contribution is 8.02. The van der Waals surface area contributed by atoms with Crippen LogP contribution in [-0.2, 0) is 16.0 Å². The summed E-state index contributed by atoms with van der Waals surface area (Å²) in [5.41, 5.74) is 2.72. The molecule has 30 heavy (non-hydrogen) atoms. The van der Waals surface area contributed by atoms with Gasteiger partial charge >= 0.3 is 5.69 Å². The average Bonchev–Trinajstić information content (AvgIpc) is 3.24. The molecule has 4 rings (SSSR count). The Hall–Kier alpha value is -2.35. The molecule has 1 saturated heterocycles. The molecule has 1 aliphatic heterocycles. The zero-order valence-electron chi connectivity index (χ0n) is 17.5. The maximum atomic E-state index is 13.5. The number of nitrogens with zero attached hydrogens (tertiary/aromatic N) is 2. The Bertz CT molecular complexity index is 1110. The molecule has 1 aromatic carbocycles. The Labute approximate surface area is 179 Å². The Balaban J connectivity index is 1.89. The fourth-order valence-corrected chi connectivity index (χ4v) is 4.57. The highest BCUT2D eigenvalue weighted by Crippen LogP contribution is 2.34. The van der Waals surface area contributed by atoms with Crippen LogP contribution in [0.5, 0.6) is 0 Å². The molecule has 1 aliphatic carbocycles. The smallest absolute Gasteiger partial charge is 0.335 e. The Morgan fingerprint density at radius 1 is 1.10 bits per heavy atom. The van der Waals surface area contributed by atoms with Crippen molar-refractivity contribution in [2.75, 3.05) is 19.5 Å². The lowest BCUT2D eigenvalue weighted by Crippen LogP contribution is -2.42. The van der Waals surface area contributed by atoms with Crippen LogP contribution in [0.25, 0.3) is 17.0 Å². The first kappa shape index (κ1) is 20.9. The van der Waals surface area contributed by atoms with Gasteiger partial charge in [0.25, 0.3) is 5.56 Å². The van der Waals surface area contributed by atoms with E-state index in [1.165, 1.54) is 9.47 Å². The third kappa shape index (κ3) is 4.10. The van der Waals surface area contributed by atoms with Crippen LogP contribution >= 0.6 is 11.8 Å². The van der Waals surface area contributed by atoms with Crippen molar-refractivity contribution in [1.29, 1.82) is 0 Å². The molecule has 1 fully saturated rings. The number of rotatable bonds is 5. The van der Waals surface area contributed by atoms with Gasteiger partial charge in [-0.25, -0.2) is 4.79 Å². The molecule has 0 radical (unpaired) electrons. The van der Waals surface area contributed by atoms with Crippen LogP contribution in [0.1, 0.15) is 18.9 Å². The minimum absolute atomic E-state index is 0.0839. The van der Waals surface area contributed by atoms with Gasteiger partial charge in [0.05, 0.1) is 25.5 Å². The van der Waals surface area contributed by atoms with Gasteiger partial charge in [0.2, 0.25) is 0 Å². The quantitative estimate of drug-likeness (QED) is 0.733. The number of aryl methyl sites for hydroxylation is 1. The summed E-state index contributed by atoms with van der Waals surface area (Å²) in [7, 11) is 0. The van der Waals surface area contributed by atoms with Crippen molar-refractivity contribution in [3.05, 3.63) is 73.8 Å². The predicted molar refractivity (Wildman–Crippen MR) is 120 cm³/mol. The van der Waals surface area contributed by atoms with Crippen LogP contribution < -0.4 is 11.2 Å². The number of ether oxygens (including phenoxy) is 2. The van der Waals surface area contributed by atoms with E-state index in [0.717, 1.165) is 23.2 Å². The SMILES string of the molecule is CSC1=CC=C(n2c(-c3ccc(C)cc3)cc(=O)n(CC3OCCO3)c2=O)C[C@H]1C. The van der Waals surface area contributed by atoms with Gasteiger partial charge in [0, 0.05) is 11.8 Å². The van der Waals surface area contributed by atoms with Crippen LogP contribution in [0.4, 0.5) is 0 Å². The third-order valence-corrected chi connectivity index (χ3v) is 6.53. The van der Waals surface area contributed by atoms with Gasteiger partial charge < -0.3 is 9.47 Å². The maximum Gasteiger partial charge on any atom is 0.335 e. The summed E-state index contributed by atoms with van der Waals surface area (Å²) >= 11 is 1.73. The van der Waals surface area contributed by atoms with Crippen molar-refractivity contribution >= 4 is 17.5 Å². The number of allylic oxidation sites excluding steroid dienone is 4. The van der Waals surface area contributed by atoms with E-state index >= 15 is 0 Å². The molecule has 1 atom stereocenters. The maximum absolute atomic E-state index is 13.5. The van der Waals surface area contributed by atoms with Gasteiger partial charge in [-0.2, -0.15) is 0 Å². The topological polar surface area (TPSA) is 62.5 Å². The minimum Gasteiger partial charge on any atom is -0.348 e. The fraction of sp³-hybridized carbons (Fsp3) is 0.391. The van der Waals surface area contributed by atoms with E-state index in [1.807, 2.05) is 37.3 Å². The van der Waals surface area contributed by atoms with Gasteiger partial charge in [0.1, 0.15) is 0 Å². The number of hydrogen-bond donors (Lipinski definition) is 0. The highest BCUT2D eigenvalue weighted by Gasteiger charge is 2.24. The van der Waals surface area contributed by atoms with Crippen molar-refractivity contribution in [2.24, 2.45) is 5.92 Å². The standard InChI is InChI=1S/C23H26N2O4S/c1-15-4-6-17(7-5-15)19-13-21(26)24(14-22-28-10-11-29-22)23(27)25(19)18-8-9-20(30-3)16(2)12-18/h4-9,13,16,22H,10-12,14H2,1-3H3/t16-/m1/s1. The molecule has 0 bridgehead atoms. The first-order chi connectivity index (χ1) is 14.5. The molecule has 0 unspecified atom stereocenters. The monoisotopic (exact) mass is 426 g/mol. The van der Waals surface area contributed by atoms with Crippen molar-refractivity contribution in [3.8, 4) is 11.3 Å². The lowest BCUT2D eigenvalue weighted by atomic mass is 9.99. The van der Waals surface area contributed by atoms with E-state index in [9.17, 15) is 9.59 Å². The van der Waals surface area contributed by atoms with Gasteiger partial charge in [-0.05, 0) is 42.1 Å². The second-order valence-electron chi connectivity index (χ2n) is 7.67. The molecule has 6 nitrogen and oxygen atoms in total. The summed E-state index contributed by atoms with van der Waals surface area (Å²) in [6, 6.07) is 9.41. The lowest BCUT2D eigenvalue weighted by Gasteiger charge is -2.24. The van der Waals surface area contributed by atoms with Crippen LogP contribution in [0.2, 0.25) is 0 Å². The van der Waals surface area contributed by atoms with Crippen LogP contribution in [-0.4, -0.2) is 34.9 Å². The van der Waals surface area contributed by atoms with Crippen LogP contribution in [0.15, 0.2) is 57.0 Å². The second kappa shape index (κ2) is 8.79. The number of benzene rings is 1. The largest absolute Gasteiger partial charge is 0.348 e. The number of aromatic nitrogens is 2. The van der Waals surface area contributed by atoms with E-state index in [0.29, 0.717) is 24.8 Å². The molecule has 2 aliphatic rings. The molecule has 0 N–H and O–H groups in total. The second-order valence-corrected chi connectivity index (χ2v) is 8.55. The van der Waals surface area contributed by atoms with E-state index in [2.05, 4.69) is 19.3 Å². The van der Waals surface area contributed by atoms with Crippen LogP contribution in [0, 0.1) is 12.8 Å². The summed E-state index contributed by atoms with van der Waals surface area (Å²) < 4.78 is 13.8. The van der Waals surface area contributed by atoms with Crippen molar-refractivity contribution in [1.82, 2.24) is 9.13 Å². The summed E-state index contributed by atoms with van der Waals surface area (Å²) in [6.07, 6.45) is 6.27. The van der Waals surface area contributed by atoms with Crippen LogP contribution in [0.3, 0.4) is 0 Å². The molecular formula is C23H26N2O4S. The molecular weight excluding hydrogens is 400 g/mol. The first-order valence-electron chi connectivity index (χ1n) is 10.1. The summed E-state index contributed by atoms with van der Waals surface area (Å²) in [6.45, 7) is 5.19. The third-order valence-electron chi connectivity index (χ3n) is 5.52. The summed E-state index contributed by atoms with van der Waals surface area (Å²) in [5.74, 6) is 0.305. The Morgan fingerprint density at radius 2 is 1.80 bits per heavy atom. The molecule has 0 saturated carbocycles. The van der Waals surface area contributed by atoms with Crippen molar-refractivity contribution in [3.63, 3.8) is 0 Å². The van der Waals surface area contributed by atoms with Gasteiger partial charge in [-0.1, -0.05) is 42.8 Å². The molecule has 2 heterocycles. The molecule has 158 valence electrons. The predicted octanol–water partition coefficient (Wildman–Crippen LogP) is 3.49. The molecule has 0 spiro atoms. The highest BCUT2D eigenvalue weighted by atomic mass is 32.2. The van der Waals surface area contributed by atoms with Crippen molar-refractivity contribution in [2.45, 2.75) is 33.1 Å². The zero-order valence-corrected chi connectivity index (χ0v) is 18.3. The molecule has 7 heteroatoms. The average molecular weight is 427 g/mol. The molecule has 2 aromatic rings. The van der Waals surface area contributed by atoms with Gasteiger partial charge in [0.15, 0.2) is 6.29 Å². The minimum atomic E-state index is -0.573. The van der Waals surface area contributed by atoms with E-state index in [4.69, 9.17) is 9.47 Å². The Morgan fingerprint density at radius 3 is 2.43 bits per heavy atom. The Kier molecular flexibility index (Phi) is 6.13. The molecule has 0 amide bonds. The zero-order chi connectivity index (χ0) is 21.3. The normalized spacial score (nSPS) is 19.6.